The molecule has 13 heavy (non-hydrogen) atoms. The second kappa shape index (κ2) is 3.25. The summed E-state index contributed by atoms with van der Waals surface area (Å²) in [7, 11) is 2.26. The van der Waals surface area contributed by atoms with Crippen molar-refractivity contribution in [3.63, 3.8) is 0 Å². The van der Waals surface area contributed by atoms with Gasteiger partial charge in [0.05, 0.1) is 0 Å². The van der Waals surface area contributed by atoms with E-state index >= 15 is 0 Å². The molecule has 0 aromatic heterocycles. The zero-order valence-electron chi connectivity index (χ0n) is 9.21. The third-order valence-corrected chi connectivity index (χ3v) is 3.83. The average molecular weight is 182 g/mol. The first-order valence-electron chi connectivity index (χ1n) is 5.54. The summed E-state index contributed by atoms with van der Waals surface area (Å²) in [5.74, 6) is 0. The van der Waals surface area contributed by atoms with E-state index in [1.807, 2.05) is 0 Å². The van der Waals surface area contributed by atoms with Crippen molar-refractivity contribution in [1.29, 1.82) is 0 Å². The Bertz CT molecular complexity index is 191. The minimum absolute atomic E-state index is 0.666. The lowest BCUT2D eigenvalue weighted by Crippen LogP contribution is -2.33. The third kappa shape index (κ3) is 1.75. The van der Waals surface area contributed by atoms with Gasteiger partial charge < -0.3 is 9.80 Å². The van der Waals surface area contributed by atoms with Crippen LogP contribution in [-0.4, -0.2) is 49.1 Å². The molecule has 2 aliphatic heterocycles. The Morgan fingerprint density at radius 2 is 1.77 bits per heavy atom. The Balaban J connectivity index is 1.97. The molecule has 0 aromatic carbocycles. The fourth-order valence-corrected chi connectivity index (χ4v) is 2.90. The summed E-state index contributed by atoms with van der Waals surface area (Å²) in [5.41, 5.74) is 0.666. The van der Waals surface area contributed by atoms with Crippen LogP contribution in [0.15, 0.2) is 0 Å². The summed E-state index contributed by atoms with van der Waals surface area (Å²) in [4.78, 5) is 5.13. The summed E-state index contributed by atoms with van der Waals surface area (Å²) in [6.45, 7) is 9.94. The lowest BCUT2D eigenvalue weighted by Gasteiger charge is -2.25. The Morgan fingerprint density at radius 1 is 1.08 bits per heavy atom. The normalized spacial score (nSPS) is 36.9. The Morgan fingerprint density at radius 3 is 2.23 bits per heavy atom. The number of hydrogen-bond donors (Lipinski definition) is 0. The average Bonchev–Trinajstić information content (AvgIpc) is 2.61. The van der Waals surface area contributed by atoms with Crippen LogP contribution in [0.5, 0.6) is 0 Å². The highest BCUT2D eigenvalue weighted by Crippen LogP contribution is 2.39. The molecular weight excluding hydrogens is 160 g/mol. The van der Waals surface area contributed by atoms with Crippen molar-refractivity contribution in [2.24, 2.45) is 5.41 Å². The quantitative estimate of drug-likeness (QED) is 0.605. The van der Waals surface area contributed by atoms with Gasteiger partial charge in [0.1, 0.15) is 0 Å². The molecule has 2 rings (SSSR count). The van der Waals surface area contributed by atoms with Crippen LogP contribution in [-0.2, 0) is 0 Å². The number of likely N-dealkylation sites (tertiary alicyclic amines) is 2. The summed E-state index contributed by atoms with van der Waals surface area (Å²) in [6, 6.07) is 0.741. The zero-order chi connectivity index (χ0) is 9.47. The topological polar surface area (TPSA) is 6.48 Å². The third-order valence-electron chi connectivity index (χ3n) is 3.83. The van der Waals surface area contributed by atoms with Gasteiger partial charge in [-0.3, -0.25) is 0 Å². The van der Waals surface area contributed by atoms with Gasteiger partial charge >= 0.3 is 0 Å². The van der Waals surface area contributed by atoms with Crippen LogP contribution < -0.4 is 0 Å². The first kappa shape index (κ1) is 9.47. The molecule has 1 spiro atoms. The van der Waals surface area contributed by atoms with Crippen molar-refractivity contribution < 1.29 is 0 Å². The highest BCUT2D eigenvalue weighted by molar-refractivity contribution is 4.96. The molecule has 76 valence electrons. The van der Waals surface area contributed by atoms with E-state index in [4.69, 9.17) is 0 Å². The van der Waals surface area contributed by atoms with Crippen molar-refractivity contribution in [3.8, 4) is 0 Å². The van der Waals surface area contributed by atoms with Crippen LogP contribution in [0.25, 0.3) is 0 Å². The predicted molar refractivity (Wildman–Crippen MR) is 55.9 cm³/mol. The van der Waals surface area contributed by atoms with Crippen molar-refractivity contribution in [2.75, 3.05) is 33.2 Å². The van der Waals surface area contributed by atoms with E-state index in [2.05, 4.69) is 30.7 Å². The largest absolute Gasteiger partial charge is 0.306 e. The van der Waals surface area contributed by atoms with Crippen molar-refractivity contribution >= 4 is 0 Å². The van der Waals surface area contributed by atoms with Crippen molar-refractivity contribution in [3.05, 3.63) is 0 Å². The number of nitrogens with zero attached hydrogens (tertiary/aromatic N) is 2. The molecule has 2 heteroatoms. The van der Waals surface area contributed by atoms with E-state index in [0.29, 0.717) is 5.41 Å². The lowest BCUT2D eigenvalue weighted by molar-refractivity contribution is 0.223. The molecule has 0 radical (unpaired) electrons. The van der Waals surface area contributed by atoms with Crippen LogP contribution in [0.1, 0.15) is 26.7 Å². The van der Waals surface area contributed by atoms with Gasteiger partial charge in [0.2, 0.25) is 0 Å². The second-order valence-electron chi connectivity index (χ2n) is 5.30. The van der Waals surface area contributed by atoms with E-state index in [-0.39, 0.29) is 0 Å². The molecule has 0 N–H and O–H groups in total. The van der Waals surface area contributed by atoms with Crippen LogP contribution in [0, 0.1) is 5.41 Å². The Kier molecular flexibility index (Phi) is 2.37. The molecule has 0 saturated carbocycles. The van der Waals surface area contributed by atoms with Crippen LogP contribution in [0.4, 0.5) is 0 Å². The lowest BCUT2D eigenvalue weighted by atomic mass is 9.86. The van der Waals surface area contributed by atoms with Gasteiger partial charge in [-0.2, -0.15) is 0 Å². The molecule has 2 heterocycles. The maximum Gasteiger partial charge on any atom is 0.00539 e. The molecule has 2 aliphatic rings. The van der Waals surface area contributed by atoms with Gasteiger partial charge in [-0.15, -0.1) is 0 Å². The molecule has 2 fully saturated rings. The summed E-state index contributed by atoms with van der Waals surface area (Å²) < 4.78 is 0. The van der Waals surface area contributed by atoms with E-state index in [0.717, 1.165) is 6.04 Å². The van der Waals surface area contributed by atoms with E-state index in [1.54, 1.807) is 0 Å². The van der Waals surface area contributed by atoms with E-state index in [1.165, 1.54) is 39.0 Å². The fourth-order valence-electron chi connectivity index (χ4n) is 2.90. The van der Waals surface area contributed by atoms with Gasteiger partial charge in [0.25, 0.3) is 0 Å². The van der Waals surface area contributed by atoms with Gasteiger partial charge in [-0.25, -0.2) is 0 Å². The zero-order valence-corrected chi connectivity index (χ0v) is 9.21. The standard InChI is InChI=1S/C11H22N2/c1-10(2)13-7-5-11(9-13)4-6-12(3)8-11/h10H,4-9H2,1-3H3. The van der Waals surface area contributed by atoms with Gasteiger partial charge in [-0.05, 0) is 52.2 Å². The molecule has 0 bridgehead atoms. The smallest absolute Gasteiger partial charge is 0.00539 e. The van der Waals surface area contributed by atoms with Crippen LogP contribution >= 0.6 is 0 Å². The first-order valence-corrected chi connectivity index (χ1v) is 5.54. The number of hydrogen-bond acceptors (Lipinski definition) is 2. The SMILES string of the molecule is CC(C)N1CCC2(CCN(C)C2)C1. The van der Waals surface area contributed by atoms with E-state index < -0.39 is 0 Å². The molecular formula is C11H22N2. The van der Waals surface area contributed by atoms with E-state index in [9.17, 15) is 0 Å². The highest BCUT2D eigenvalue weighted by atomic mass is 15.2. The molecule has 1 unspecified atom stereocenters. The highest BCUT2D eigenvalue weighted by Gasteiger charge is 2.42. The molecule has 1 atom stereocenters. The Labute approximate surface area is 81.9 Å². The predicted octanol–water partition coefficient (Wildman–Crippen LogP) is 1.42. The van der Waals surface area contributed by atoms with Gasteiger partial charge in [0, 0.05) is 19.1 Å². The monoisotopic (exact) mass is 182 g/mol. The van der Waals surface area contributed by atoms with Gasteiger partial charge in [0.15, 0.2) is 0 Å². The summed E-state index contributed by atoms with van der Waals surface area (Å²) in [5, 5.41) is 0. The fraction of sp³-hybridized carbons (Fsp3) is 1.00. The minimum Gasteiger partial charge on any atom is -0.306 e. The first-order chi connectivity index (χ1) is 6.11. The summed E-state index contributed by atoms with van der Waals surface area (Å²) in [6.07, 6.45) is 2.85. The summed E-state index contributed by atoms with van der Waals surface area (Å²) >= 11 is 0. The molecule has 0 aliphatic carbocycles. The van der Waals surface area contributed by atoms with Crippen LogP contribution in [0.3, 0.4) is 0 Å². The van der Waals surface area contributed by atoms with Crippen molar-refractivity contribution in [1.82, 2.24) is 9.80 Å². The molecule has 2 saturated heterocycles. The number of rotatable bonds is 1. The maximum absolute atomic E-state index is 2.64. The minimum atomic E-state index is 0.666. The molecule has 0 aromatic rings. The molecule has 0 amide bonds. The van der Waals surface area contributed by atoms with Crippen molar-refractivity contribution in [2.45, 2.75) is 32.7 Å². The second-order valence-corrected chi connectivity index (χ2v) is 5.30. The van der Waals surface area contributed by atoms with Crippen LogP contribution in [0.2, 0.25) is 0 Å². The molecule has 2 nitrogen and oxygen atoms in total. The Hall–Kier alpha value is -0.0800. The maximum atomic E-state index is 2.64. The van der Waals surface area contributed by atoms with Gasteiger partial charge in [-0.1, -0.05) is 0 Å².